The first-order valence-electron chi connectivity index (χ1n) is 11.1. The third-order valence-electron chi connectivity index (χ3n) is 6.22. The average Bonchev–Trinajstić information content (AvgIpc) is 2.86. The Morgan fingerprint density at radius 3 is 2.67 bits per heavy atom. The maximum Gasteiger partial charge on any atom is 0.267 e. The molecule has 1 amide bonds. The molecule has 0 atom stereocenters. The molecule has 1 aliphatic rings. The molecule has 0 aromatic carbocycles. The first kappa shape index (κ1) is 21.0. The van der Waals surface area contributed by atoms with Gasteiger partial charge in [-0.1, -0.05) is 19.1 Å². The molecular formula is C24H25N7O2. The zero-order chi connectivity index (χ0) is 22.9. The van der Waals surface area contributed by atoms with E-state index in [1.54, 1.807) is 46.3 Å². The number of rotatable bonds is 4. The third kappa shape index (κ3) is 3.80. The largest absolute Gasteiger partial charge is 0.336 e. The number of pyridine rings is 3. The van der Waals surface area contributed by atoms with Gasteiger partial charge in [-0.05, 0) is 36.4 Å². The Balaban J connectivity index is 1.70. The maximum absolute atomic E-state index is 13.5. The second kappa shape index (κ2) is 8.59. The van der Waals surface area contributed by atoms with Crippen LogP contribution in [-0.2, 0) is 6.54 Å². The number of carbonyl (C=O) groups is 1. The monoisotopic (exact) mass is 443 g/mol. The molecule has 1 saturated heterocycles. The van der Waals surface area contributed by atoms with Crippen LogP contribution in [0, 0.1) is 5.41 Å². The van der Waals surface area contributed by atoms with Crippen molar-refractivity contribution < 1.29 is 4.79 Å². The summed E-state index contributed by atoms with van der Waals surface area (Å²) in [7, 11) is 0. The molecule has 5 rings (SSSR count). The number of carbonyl (C=O) groups excluding carboxylic acids is 1. The number of fused-ring (bicyclic) bond motifs is 2. The van der Waals surface area contributed by atoms with Gasteiger partial charge in [-0.25, -0.2) is 4.98 Å². The Labute approximate surface area is 190 Å². The van der Waals surface area contributed by atoms with Crippen LogP contribution in [0.4, 0.5) is 0 Å². The molecule has 0 aliphatic carbocycles. The van der Waals surface area contributed by atoms with E-state index in [2.05, 4.69) is 21.8 Å². The molecule has 1 aliphatic heterocycles. The summed E-state index contributed by atoms with van der Waals surface area (Å²) in [6, 6.07) is 10.6. The smallest absolute Gasteiger partial charge is 0.267 e. The van der Waals surface area contributed by atoms with Crippen LogP contribution in [0.1, 0.15) is 22.8 Å². The molecule has 168 valence electrons. The van der Waals surface area contributed by atoms with Gasteiger partial charge in [0.1, 0.15) is 16.8 Å². The van der Waals surface area contributed by atoms with E-state index in [0.717, 1.165) is 25.2 Å². The number of piperazine rings is 1. The Morgan fingerprint density at radius 1 is 1.12 bits per heavy atom. The van der Waals surface area contributed by atoms with Gasteiger partial charge in [0.15, 0.2) is 0 Å². The highest BCUT2D eigenvalue weighted by Gasteiger charge is 2.25. The number of likely N-dealkylation sites (N-methyl/N-ethyl adjacent to an activating group) is 1. The molecule has 9 heteroatoms. The summed E-state index contributed by atoms with van der Waals surface area (Å²) in [5.74, 6) is -0.227. The molecule has 1 fully saturated rings. The highest BCUT2D eigenvalue weighted by atomic mass is 16.2. The van der Waals surface area contributed by atoms with Crippen molar-refractivity contribution in [1.82, 2.24) is 28.7 Å². The lowest BCUT2D eigenvalue weighted by molar-refractivity contribution is 0.0640. The number of nitrogens with one attached hydrogen (secondary N) is 1. The van der Waals surface area contributed by atoms with Crippen molar-refractivity contribution >= 4 is 22.6 Å². The second-order valence-electron chi connectivity index (χ2n) is 8.16. The molecule has 0 saturated carbocycles. The van der Waals surface area contributed by atoms with Crippen LogP contribution in [0.15, 0.2) is 59.8 Å². The lowest BCUT2D eigenvalue weighted by atomic mass is 10.1. The first-order chi connectivity index (χ1) is 16.1. The molecule has 33 heavy (non-hydrogen) atoms. The van der Waals surface area contributed by atoms with E-state index >= 15 is 0 Å². The van der Waals surface area contributed by atoms with E-state index in [9.17, 15) is 9.59 Å². The summed E-state index contributed by atoms with van der Waals surface area (Å²) < 4.78 is 3.10. The van der Waals surface area contributed by atoms with Crippen LogP contribution >= 0.6 is 0 Å². The van der Waals surface area contributed by atoms with E-state index in [-0.39, 0.29) is 29.1 Å². The van der Waals surface area contributed by atoms with Crippen molar-refractivity contribution in [2.75, 3.05) is 32.7 Å². The fraction of sp³-hybridized carbons (Fsp3) is 0.292. The zero-order valence-electron chi connectivity index (χ0n) is 18.4. The Hall–Kier alpha value is -3.85. The van der Waals surface area contributed by atoms with Crippen LogP contribution < -0.4 is 11.0 Å². The summed E-state index contributed by atoms with van der Waals surface area (Å²) in [6.07, 6.45) is 5.06. The van der Waals surface area contributed by atoms with Crippen LogP contribution in [0.3, 0.4) is 0 Å². The van der Waals surface area contributed by atoms with E-state index in [0.29, 0.717) is 29.8 Å². The first-order valence-corrected chi connectivity index (χ1v) is 11.1. The number of nitrogens with zero attached hydrogens (tertiary/aromatic N) is 6. The fourth-order valence-electron chi connectivity index (χ4n) is 4.32. The second-order valence-corrected chi connectivity index (χ2v) is 8.16. The highest BCUT2D eigenvalue weighted by molar-refractivity contribution is 5.97. The standard InChI is InChI=1S/C24H25N7O2/c1-2-28-10-12-29(13-11-28)23(32)18-14-19-22(27-20-7-3-4-9-30(20)24(19)33)31(21(18)25)16-17-6-5-8-26-15-17/h3-9,14-15,25H,2,10-13,16H2,1H3. The predicted octanol–water partition coefficient (Wildman–Crippen LogP) is 1.35. The van der Waals surface area contributed by atoms with Gasteiger partial charge in [-0.3, -0.25) is 24.4 Å². The van der Waals surface area contributed by atoms with E-state index in [4.69, 9.17) is 5.41 Å². The summed E-state index contributed by atoms with van der Waals surface area (Å²) in [6.45, 7) is 6.13. The molecule has 0 spiro atoms. The number of amides is 1. The Bertz CT molecular complexity index is 1450. The molecule has 1 N–H and O–H groups in total. The van der Waals surface area contributed by atoms with Crippen molar-refractivity contribution in [3.05, 3.63) is 82.0 Å². The van der Waals surface area contributed by atoms with E-state index < -0.39 is 0 Å². The van der Waals surface area contributed by atoms with Crippen molar-refractivity contribution in [3.8, 4) is 0 Å². The molecule has 0 unspecified atom stereocenters. The number of hydrogen-bond acceptors (Lipinski definition) is 6. The van der Waals surface area contributed by atoms with Crippen LogP contribution in [0.25, 0.3) is 16.7 Å². The SMILES string of the molecule is CCN1CCN(C(=O)c2cc3c(=O)n4ccccc4nc3n(Cc3cccnc3)c2=N)CC1. The molecule has 4 aromatic heterocycles. The predicted molar refractivity (Wildman–Crippen MR) is 124 cm³/mol. The van der Waals surface area contributed by atoms with Crippen molar-refractivity contribution in [3.63, 3.8) is 0 Å². The minimum Gasteiger partial charge on any atom is -0.336 e. The van der Waals surface area contributed by atoms with Crippen molar-refractivity contribution in [2.45, 2.75) is 13.5 Å². The van der Waals surface area contributed by atoms with Gasteiger partial charge in [0.05, 0.1) is 17.5 Å². The zero-order valence-corrected chi connectivity index (χ0v) is 18.4. The quantitative estimate of drug-likeness (QED) is 0.480. The molecule has 0 radical (unpaired) electrons. The topological polar surface area (TPSA) is 99.6 Å². The number of aromatic nitrogens is 4. The molecule has 0 bridgehead atoms. The highest BCUT2D eigenvalue weighted by Crippen LogP contribution is 2.14. The molecule has 4 aromatic rings. The molecule has 9 nitrogen and oxygen atoms in total. The minimum absolute atomic E-state index is 0.0430. The summed E-state index contributed by atoms with van der Waals surface area (Å²) >= 11 is 0. The van der Waals surface area contributed by atoms with E-state index in [1.807, 2.05) is 18.2 Å². The fourth-order valence-corrected chi connectivity index (χ4v) is 4.32. The lowest BCUT2D eigenvalue weighted by Crippen LogP contribution is -2.49. The van der Waals surface area contributed by atoms with Gasteiger partial charge in [0.25, 0.3) is 11.5 Å². The summed E-state index contributed by atoms with van der Waals surface area (Å²) in [5.41, 5.74) is 1.72. The van der Waals surface area contributed by atoms with Crippen LogP contribution in [-0.4, -0.2) is 67.4 Å². The third-order valence-corrected chi connectivity index (χ3v) is 6.22. The van der Waals surface area contributed by atoms with Crippen LogP contribution in [0.2, 0.25) is 0 Å². The van der Waals surface area contributed by atoms with Gasteiger partial charge in [-0.15, -0.1) is 0 Å². The molecule has 5 heterocycles. The van der Waals surface area contributed by atoms with Crippen LogP contribution in [0.5, 0.6) is 0 Å². The normalized spacial score (nSPS) is 14.8. The molecular weight excluding hydrogens is 418 g/mol. The summed E-state index contributed by atoms with van der Waals surface area (Å²) in [4.78, 5) is 39.7. The van der Waals surface area contributed by atoms with Gasteiger partial charge in [0.2, 0.25) is 0 Å². The average molecular weight is 444 g/mol. The van der Waals surface area contributed by atoms with Gasteiger partial charge >= 0.3 is 0 Å². The van der Waals surface area contributed by atoms with Gasteiger partial charge in [0, 0.05) is 44.8 Å². The van der Waals surface area contributed by atoms with Gasteiger partial charge < -0.3 is 14.4 Å². The maximum atomic E-state index is 13.5. The van der Waals surface area contributed by atoms with E-state index in [1.165, 1.54) is 4.40 Å². The number of hydrogen-bond donors (Lipinski definition) is 1. The lowest BCUT2D eigenvalue weighted by Gasteiger charge is -2.34. The Morgan fingerprint density at radius 2 is 1.94 bits per heavy atom. The Kier molecular flexibility index (Phi) is 5.47. The minimum atomic E-state index is -0.264. The van der Waals surface area contributed by atoms with Gasteiger partial charge in [-0.2, -0.15) is 0 Å². The van der Waals surface area contributed by atoms with Crippen molar-refractivity contribution in [2.24, 2.45) is 0 Å². The summed E-state index contributed by atoms with van der Waals surface area (Å²) in [5, 5.41) is 9.23. The van der Waals surface area contributed by atoms with Crippen molar-refractivity contribution in [1.29, 1.82) is 5.41 Å².